The highest BCUT2D eigenvalue weighted by molar-refractivity contribution is 4.84. The molecule has 0 aliphatic heterocycles. The maximum atomic E-state index is 2.43. The van der Waals surface area contributed by atoms with Gasteiger partial charge in [-0.2, -0.15) is 0 Å². The fourth-order valence-electron chi connectivity index (χ4n) is 2.48. The SMILES string of the molecule is C[C@H]1CCC[C@@H](C2CC2)C1. The molecular formula is C10H18. The second kappa shape index (κ2) is 2.56. The predicted octanol–water partition coefficient (Wildman–Crippen LogP) is 3.22. The molecule has 0 spiro atoms. The molecule has 0 unspecified atom stereocenters. The summed E-state index contributed by atoms with van der Waals surface area (Å²) in [4.78, 5) is 0. The summed E-state index contributed by atoms with van der Waals surface area (Å²) in [6, 6.07) is 0. The molecule has 2 aliphatic rings. The van der Waals surface area contributed by atoms with Crippen LogP contribution in [-0.2, 0) is 0 Å². The molecule has 0 aromatic rings. The topological polar surface area (TPSA) is 0 Å². The molecule has 0 nitrogen and oxygen atoms in total. The first-order chi connectivity index (χ1) is 4.86. The molecule has 0 bridgehead atoms. The largest absolute Gasteiger partial charge is 0.0625 e. The zero-order chi connectivity index (χ0) is 6.97. The average molecular weight is 138 g/mol. The van der Waals surface area contributed by atoms with E-state index in [0.29, 0.717) is 0 Å². The summed E-state index contributed by atoms with van der Waals surface area (Å²) in [5.74, 6) is 3.35. The number of hydrogen-bond donors (Lipinski definition) is 0. The van der Waals surface area contributed by atoms with Crippen LogP contribution in [0.4, 0.5) is 0 Å². The third kappa shape index (κ3) is 1.36. The lowest BCUT2D eigenvalue weighted by Crippen LogP contribution is -2.14. The van der Waals surface area contributed by atoms with Crippen LogP contribution in [0.1, 0.15) is 45.4 Å². The zero-order valence-corrected chi connectivity index (χ0v) is 6.97. The van der Waals surface area contributed by atoms with Crippen molar-refractivity contribution in [1.82, 2.24) is 0 Å². The van der Waals surface area contributed by atoms with E-state index in [-0.39, 0.29) is 0 Å². The standard InChI is InChI=1S/C10H18/c1-8-3-2-4-10(7-8)9-5-6-9/h8-10H,2-7H2,1H3/t8-,10+/m0/s1. The van der Waals surface area contributed by atoms with Crippen molar-refractivity contribution in [3.63, 3.8) is 0 Å². The van der Waals surface area contributed by atoms with Gasteiger partial charge in [-0.25, -0.2) is 0 Å². The summed E-state index contributed by atoms with van der Waals surface area (Å²) < 4.78 is 0. The summed E-state index contributed by atoms with van der Waals surface area (Å²) >= 11 is 0. The first-order valence-electron chi connectivity index (χ1n) is 4.86. The van der Waals surface area contributed by atoms with E-state index in [9.17, 15) is 0 Å². The third-order valence-electron chi connectivity index (χ3n) is 3.27. The van der Waals surface area contributed by atoms with Crippen LogP contribution in [0.5, 0.6) is 0 Å². The monoisotopic (exact) mass is 138 g/mol. The van der Waals surface area contributed by atoms with Crippen molar-refractivity contribution >= 4 is 0 Å². The maximum absolute atomic E-state index is 2.43. The highest BCUT2D eigenvalue weighted by Gasteiger charge is 2.33. The Morgan fingerprint density at radius 2 is 1.70 bits per heavy atom. The summed E-state index contributed by atoms with van der Waals surface area (Å²) in [6.07, 6.45) is 9.22. The van der Waals surface area contributed by atoms with Crippen molar-refractivity contribution in [2.45, 2.75) is 45.4 Å². The molecular weight excluding hydrogens is 120 g/mol. The molecule has 0 amide bonds. The lowest BCUT2D eigenvalue weighted by Gasteiger charge is -2.26. The van der Waals surface area contributed by atoms with Gasteiger partial charge in [0.05, 0.1) is 0 Å². The Balaban J connectivity index is 1.84. The lowest BCUT2D eigenvalue weighted by atomic mass is 9.80. The number of rotatable bonds is 1. The van der Waals surface area contributed by atoms with Gasteiger partial charge in [0, 0.05) is 0 Å². The van der Waals surface area contributed by atoms with Crippen molar-refractivity contribution in [3.8, 4) is 0 Å². The molecule has 0 aromatic carbocycles. The average Bonchev–Trinajstić information content (AvgIpc) is 2.68. The molecule has 2 atom stereocenters. The molecule has 2 aliphatic carbocycles. The Bertz CT molecular complexity index is 113. The maximum Gasteiger partial charge on any atom is -0.0383 e. The Hall–Kier alpha value is 0. The molecule has 0 heteroatoms. The van der Waals surface area contributed by atoms with Crippen LogP contribution in [0.15, 0.2) is 0 Å². The minimum Gasteiger partial charge on any atom is -0.0625 e. The molecule has 2 saturated carbocycles. The van der Waals surface area contributed by atoms with Gasteiger partial charge in [0.2, 0.25) is 0 Å². The molecule has 0 aromatic heterocycles. The van der Waals surface area contributed by atoms with Crippen LogP contribution in [0.2, 0.25) is 0 Å². The van der Waals surface area contributed by atoms with E-state index < -0.39 is 0 Å². The van der Waals surface area contributed by atoms with Crippen LogP contribution < -0.4 is 0 Å². The molecule has 2 fully saturated rings. The first-order valence-corrected chi connectivity index (χ1v) is 4.86. The number of hydrogen-bond acceptors (Lipinski definition) is 0. The van der Waals surface area contributed by atoms with E-state index in [1.54, 1.807) is 25.7 Å². The zero-order valence-electron chi connectivity index (χ0n) is 6.97. The van der Waals surface area contributed by atoms with Crippen LogP contribution in [0, 0.1) is 17.8 Å². The van der Waals surface area contributed by atoms with E-state index in [2.05, 4.69) is 6.92 Å². The summed E-state index contributed by atoms with van der Waals surface area (Å²) in [5.41, 5.74) is 0. The Morgan fingerprint density at radius 1 is 0.900 bits per heavy atom. The van der Waals surface area contributed by atoms with Crippen LogP contribution in [0.3, 0.4) is 0 Å². The van der Waals surface area contributed by atoms with Gasteiger partial charge < -0.3 is 0 Å². The second-order valence-electron chi connectivity index (χ2n) is 4.37. The van der Waals surface area contributed by atoms with Gasteiger partial charge in [-0.15, -0.1) is 0 Å². The summed E-state index contributed by atoms with van der Waals surface area (Å²) in [6.45, 7) is 2.43. The van der Waals surface area contributed by atoms with Crippen molar-refractivity contribution in [2.75, 3.05) is 0 Å². The fraction of sp³-hybridized carbons (Fsp3) is 1.00. The molecule has 0 radical (unpaired) electrons. The quantitative estimate of drug-likeness (QED) is 0.522. The van der Waals surface area contributed by atoms with Gasteiger partial charge in [0.25, 0.3) is 0 Å². The molecule has 58 valence electrons. The van der Waals surface area contributed by atoms with Crippen LogP contribution in [-0.4, -0.2) is 0 Å². The van der Waals surface area contributed by atoms with Crippen molar-refractivity contribution in [2.24, 2.45) is 17.8 Å². The third-order valence-corrected chi connectivity index (χ3v) is 3.27. The highest BCUT2D eigenvalue weighted by Crippen LogP contribution is 2.45. The van der Waals surface area contributed by atoms with E-state index >= 15 is 0 Å². The highest BCUT2D eigenvalue weighted by atomic mass is 14.4. The van der Waals surface area contributed by atoms with Crippen molar-refractivity contribution in [3.05, 3.63) is 0 Å². The molecule has 0 saturated heterocycles. The van der Waals surface area contributed by atoms with Crippen molar-refractivity contribution < 1.29 is 0 Å². The van der Waals surface area contributed by atoms with E-state index in [0.717, 1.165) is 11.8 Å². The van der Waals surface area contributed by atoms with Gasteiger partial charge in [-0.05, 0) is 37.0 Å². The predicted molar refractivity (Wildman–Crippen MR) is 43.8 cm³/mol. The summed E-state index contributed by atoms with van der Waals surface area (Å²) in [7, 11) is 0. The van der Waals surface area contributed by atoms with Gasteiger partial charge in [0.1, 0.15) is 0 Å². The molecule has 0 heterocycles. The first kappa shape index (κ1) is 6.69. The smallest absolute Gasteiger partial charge is 0.0383 e. The molecule has 0 N–H and O–H groups in total. The minimum atomic E-state index is 1.04. The Morgan fingerprint density at radius 3 is 2.30 bits per heavy atom. The van der Waals surface area contributed by atoms with Crippen LogP contribution >= 0.6 is 0 Å². The Kier molecular flexibility index (Phi) is 1.71. The van der Waals surface area contributed by atoms with Gasteiger partial charge in [-0.3, -0.25) is 0 Å². The lowest BCUT2D eigenvalue weighted by molar-refractivity contribution is 0.257. The normalized spacial score (nSPS) is 41.7. The van der Waals surface area contributed by atoms with Crippen LogP contribution in [0.25, 0.3) is 0 Å². The van der Waals surface area contributed by atoms with E-state index in [4.69, 9.17) is 0 Å². The van der Waals surface area contributed by atoms with Gasteiger partial charge in [0.15, 0.2) is 0 Å². The van der Waals surface area contributed by atoms with E-state index in [1.165, 1.54) is 18.8 Å². The molecule has 2 rings (SSSR count). The van der Waals surface area contributed by atoms with Crippen molar-refractivity contribution in [1.29, 1.82) is 0 Å². The van der Waals surface area contributed by atoms with Gasteiger partial charge in [-0.1, -0.05) is 26.2 Å². The van der Waals surface area contributed by atoms with Gasteiger partial charge >= 0.3 is 0 Å². The second-order valence-corrected chi connectivity index (χ2v) is 4.37. The van der Waals surface area contributed by atoms with E-state index in [1.807, 2.05) is 0 Å². The summed E-state index contributed by atoms with van der Waals surface area (Å²) in [5, 5.41) is 0. The molecule has 10 heavy (non-hydrogen) atoms. The Labute approximate surface area is 64.0 Å². The minimum absolute atomic E-state index is 1.04. The fourth-order valence-corrected chi connectivity index (χ4v) is 2.48.